The normalized spacial score (nSPS) is 17.8. The molecule has 34 heavy (non-hydrogen) atoms. The molecule has 0 amide bonds. The van der Waals surface area contributed by atoms with E-state index >= 15 is 0 Å². The van der Waals surface area contributed by atoms with Gasteiger partial charge in [-0.2, -0.15) is 5.10 Å². The Hall–Kier alpha value is -2.59. The number of benzene rings is 1. The summed E-state index contributed by atoms with van der Waals surface area (Å²) in [5, 5.41) is 18.8. The smallest absolute Gasteiger partial charge is 0.142 e. The molecule has 1 atom stereocenters. The lowest BCUT2D eigenvalue weighted by Gasteiger charge is -2.22. The van der Waals surface area contributed by atoms with Gasteiger partial charge >= 0.3 is 0 Å². The Morgan fingerprint density at radius 3 is 3.00 bits per heavy atom. The fourth-order valence-corrected chi connectivity index (χ4v) is 6.48. The van der Waals surface area contributed by atoms with Crippen LogP contribution >= 0.6 is 22.9 Å². The lowest BCUT2D eigenvalue weighted by Crippen LogP contribution is -2.34. The lowest BCUT2D eigenvalue weighted by molar-refractivity contribution is 0.154. The van der Waals surface area contributed by atoms with E-state index < -0.39 is 5.82 Å². The van der Waals surface area contributed by atoms with Crippen molar-refractivity contribution in [3.63, 3.8) is 0 Å². The number of aliphatic hydroxyl groups is 1. The number of nitrogens with one attached hydrogen (secondary N) is 1. The van der Waals surface area contributed by atoms with Gasteiger partial charge in [-0.1, -0.05) is 11.6 Å². The molecule has 0 radical (unpaired) electrons. The average Bonchev–Trinajstić information content (AvgIpc) is 3.55. The number of aliphatic hydroxyl groups excluding tert-OH is 1. The lowest BCUT2D eigenvalue weighted by atomic mass is 9.95. The van der Waals surface area contributed by atoms with Crippen LogP contribution in [-0.4, -0.2) is 55.5 Å². The maximum Gasteiger partial charge on any atom is 0.142 e. The van der Waals surface area contributed by atoms with Gasteiger partial charge in [0.2, 0.25) is 0 Å². The fraction of sp³-hybridized carbons (Fsp3) is 0.375. The van der Waals surface area contributed by atoms with Crippen molar-refractivity contribution in [1.29, 1.82) is 0 Å². The van der Waals surface area contributed by atoms with Crippen molar-refractivity contribution in [3.05, 3.63) is 52.8 Å². The first kappa shape index (κ1) is 21.9. The second kappa shape index (κ2) is 8.88. The summed E-state index contributed by atoms with van der Waals surface area (Å²) in [5.41, 5.74) is 4.19. The Balaban J connectivity index is 1.30. The Bertz CT molecular complexity index is 1370. The Morgan fingerprint density at radius 1 is 1.24 bits per heavy atom. The first-order valence-corrected chi connectivity index (χ1v) is 12.7. The summed E-state index contributed by atoms with van der Waals surface area (Å²) in [6.45, 7) is 2.97. The van der Waals surface area contributed by atoms with Crippen molar-refractivity contribution >= 4 is 44.7 Å². The molecule has 10 heteroatoms. The number of nitrogens with zero attached hydrogens (tertiary/aromatic N) is 5. The highest BCUT2D eigenvalue weighted by molar-refractivity contribution is 7.22. The molecule has 0 bridgehead atoms. The van der Waals surface area contributed by atoms with E-state index in [0.29, 0.717) is 11.5 Å². The maximum absolute atomic E-state index is 13.6. The van der Waals surface area contributed by atoms with Gasteiger partial charge in [0.1, 0.15) is 22.8 Å². The molecular weight excluding hydrogens is 475 g/mol. The molecule has 0 saturated carbocycles. The van der Waals surface area contributed by atoms with E-state index in [1.165, 1.54) is 22.1 Å². The van der Waals surface area contributed by atoms with Crippen molar-refractivity contribution in [2.24, 2.45) is 0 Å². The Labute approximate surface area is 205 Å². The molecule has 2 N–H and O–H groups in total. The molecule has 1 saturated heterocycles. The van der Waals surface area contributed by atoms with E-state index in [1.54, 1.807) is 29.8 Å². The van der Waals surface area contributed by atoms with E-state index in [0.717, 1.165) is 61.2 Å². The zero-order valence-electron chi connectivity index (χ0n) is 18.5. The Morgan fingerprint density at radius 2 is 2.15 bits per heavy atom. The third-order valence-corrected chi connectivity index (χ3v) is 8.25. The number of halogens is 2. The molecule has 1 fully saturated rings. The number of hydrogen-bond donors (Lipinski definition) is 2. The predicted octanol–water partition coefficient (Wildman–Crippen LogP) is 4.65. The summed E-state index contributed by atoms with van der Waals surface area (Å²) in [7, 11) is 0. The zero-order valence-corrected chi connectivity index (χ0v) is 20.0. The highest BCUT2D eigenvalue weighted by Gasteiger charge is 2.27. The van der Waals surface area contributed by atoms with Gasteiger partial charge < -0.3 is 10.4 Å². The number of thiophene rings is 1. The van der Waals surface area contributed by atoms with Crippen LogP contribution in [0.5, 0.6) is 0 Å². The third-order valence-electron chi connectivity index (χ3n) is 6.79. The molecule has 0 spiro atoms. The van der Waals surface area contributed by atoms with Crippen molar-refractivity contribution in [1.82, 2.24) is 24.6 Å². The van der Waals surface area contributed by atoms with Crippen LogP contribution in [0.15, 0.2) is 30.7 Å². The van der Waals surface area contributed by atoms with Crippen LogP contribution in [-0.2, 0) is 19.4 Å². The van der Waals surface area contributed by atoms with Gasteiger partial charge in [0.25, 0.3) is 0 Å². The third kappa shape index (κ3) is 3.86. The van der Waals surface area contributed by atoms with Crippen molar-refractivity contribution in [2.75, 3.05) is 25.0 Å². The molecule has 2 aliphatic rings. The molecule has 1 aliphatic carbocycles. The molecule has 4 aromatic rings. The minimum atomic E-state index is -0.450. The minimum Gasteiger partial charge on any atom is -0.395 e. The first-order valence-electron chi connectivity index (χ1n) is 11.5. The van der Waals surface area contributed by atoms with Gasteiger partial charge in [0.05, 0.1) is 29.3 Å². The monoisotopic (exact) mass is 498 g/mol. The van der Waals surface area contributed by atoms with Gasteiger partial charge in [-0.15, -0.1) is 11.3 Å². The van der Waals surface area contributed by atoms with E-state index in [-0.39, 0.29) is 17.7 Å². The highest BCUT2D eigenvalue weighted by Crippen LogP contribution is 2.45. The molecule has 0 unspecified atom stereocenters. The van der Waals surface area contributed by atoms with E-state index in [4.69, 9.17) is 16.7 Å². The van der Waals surface area contributed by atoms with E-state index in [9.17, 15) is 9.50 Å². The summed E-state index contributed by atoms with van der Waals surface area (Å²) in [6.07, 6.45) is 7.64. The van der Waals surface area contributed by atoms with E-state index in [2.05, 4.69) is 26.4 Å². The highest BCUT2D eigenvalue weighted by atomic mass is 35.5. The summed E-state index contributed by atoms with van der Waals surface area (Å²) >= 11 is 7.62. The van der Waals surface area contributed by atoms with Gasteiger partial charge in [0, 0.05) is 34.9 Å². The molecular formula is C24H24ClFN6OS. The van der Waals surface area contributed by atoms with Gasteiger partial charge in [-0.3, -0.25) is 9.58 Å². The van der Waals surface area contributed by atoms with Crippen LogP contribution in [0, 0.1) is 5.82 Å². The average molecular weight is 499 g/mol. The summed E-state index contributed by atoms with van der Waals surface area (Å²) in [5.74, 6) is 0.249. The van der Waals surface area contributed by atoms with Crippen LogP contribution in [0.3, 0.4) is 0 Å². The van der Waals surface area contributed by atoms with Crippen molar-refractivity contribution in [3.8, 4) is 10.4 Å². The molecule has 7 nitrogen and oxygen atoms in total. The summed E-state index contributed by atoms with van der Waals surface area (Å²) < 4.78 is 15.6. The van der Waals surface area contributed by atoms with Gasteiger partial charge in [0.15, 0.2) is 0 Å². The number of hydrogen-bond acceptors (Lipinski definition) is 7. The first-order chi connectivity index (χ1) is 16.6. The zero-order chi connectivity index (χ0) is 23.2. The topological polar surface area (TPSA) is 79.1 Å². The van der Waals surface area contributed by atoms with Gasteiger partial charge in [-0.25, -0.2) is 14.4 Å². The maximum atomic E-state index is 13.6. The molecule has 6 rings (SSSR count). The summed E-state index contributed by atoms with van der Waals surface area (Å²) in [4.78, 5) is 13.5. The molecule has 176 valence electrons. The van der Waals surface area contributed by atoms with Crippen LogP contribution in [0.1, 0.15) is 24.1 Å². The van der Waals surface area contributed by atoms with Gasteiger partial charge in [-0.05, 0) is 56.0 Å². The fourth-order valence-electron chi connectivity index (χ4n) is 5.07. The quantitative estimate of drug-likeness (QED) is 0.403. The number of aromatic nitrogens is 4. The van der Waals surface area contributed by atoms with Crippen molar-refractivity contribution in [2.45, 2.75) is 38.3 Å². The Kier molecular flexibility index (Phi) is 5.73. The van der Waals surface area contributed by atoms with Crippen LogP contribution < -0.4 is 5.32 Å². The predicted molar refractivity (Wildman–Crippen MR) is 132 cm³/mol. The second-order valence-electron chi connectivity index (χ2n) is 8.83. The molecule has 3 aromatic heterocycles. The second-order valence-corrected chi connectivity index (χ2v) is 10.2. The van der Waals surface area contributed by atoms with Crippen molar-refractivity contribution < 1.29 is 9.50 Å². The number of rotatable bonds is 6. The molecule has 1 aliphatic heterocycles. The van der Waals surface area contributed by atoms with Crippen LogP contribution in [0.2, 0.25) is 5.02 Å². The molecule has 4 heterocycles. The number of likely N-dealkylation sites (tertiary alicyclic amines) is 1. The minimum absolute atomic E-state index is 0.0685. The summed E-state index contributed by atoms with van der Waals surface area (Å²) in [6, 6.07) is 4.84. The van der Waals surface area contributed by atoms with E-state index in [1.807, 2.05) is 4.68 Å². The SMILES string of the molecule is OC[C@H]1CCCN1CCn1cc2c(n1)CCc1c-2sc2ncnc(Nc3ccc(F)c(Cl)c3)c12. The van der Waals surface area contributed by atoms with Crippen LogP contribution in [0.25, 0.3) is 20.7 Å². The number of fused-ring (bicyclic) bond motifs is 5. The number of aryl methyl sites for hydroxylation is 2. The number of anilines is 2. The standard InChI is InChI=1S/C24H24ClFN6OS/c25-18-10-14(3-5-19(18)26)29-23-21-16-4-6-20-17(22(16)34-24(21)28-13-27-23)11-32(30-20)9-8-31-7-1-2-15(31)12-33/h3,5,10-11,13,15,33H,1-2,4,6-9,12H2,(H,27,28,29)/t15-/m1/s1. The largest absolute Gasteiger partial charge is 0.395 e. The molecule has 1 aromatic carbocycles. The van der Waals surface area contributed by atoms with Crippen LogP contribution in [0.4, 0.5) is 15.9 Å².